The van der Waals surface area contributed by atoms with E-state index < -0.39 is 15.8 Å². The number of sulfonamides is 1. The van der Waals surface area contributed by atoms with Gasteiger partial charge in [-0.2, -0.15) is 0 Å². The molecule has 8 heteroatoms. The lowest BCUT2D eigenvalue weighted by Crippen LogP contribution is -2.14. The normalized spacial score (nSPS) is 11.2. The van der Waals surface area contributed by atoms with Crippen molar-refractivity contribution < 1.29 is 22.3 Å². The van der Waals surface area contributed by atoms with E-state index in [0.717, 1.165) is 12.1 Å². The second-order valence-electron chi connectivity index (χ2n) is 6.78. The number of rotatable bonds is 7. The number of nitrogens with one attached hydrogen (secondary N) is 2. The van der Waals surface area contributed by atoms with E-state index in [1.54, 1.807) is 24.3 Å². The fourth-order valence-electron chi connectivity index (χ4n) is 2.61. The molecule has 156 valence electrons. The molecule has 3 aromatic rings. The largest absolute Gasteiger partial charge is 0.491 e. The highest BCUT2D eigenvalue weighted by Gasteiger charge is 2.15. The van der Waals surface area contributed by atoms with Gasteiger partial charge < -0.3 is 10.1 Å². The molecular weight excluding hydrogens is 407 g/mol. The number of benzene rings is 3. The number of hydrogen-bond donors (Lipinski definition) is 2. The van der Waals surface area contributed by atoms with Gasteiger partial charge >= 0.3 is 0 Å². The lowest BCUT2D eigenvalue weighted by molar-refractivity contribution is 0.102. The molecule has 2 N–H and O–H groups in total. The average Bonchev–Trinajstić information content (AvgIpc) is 2.70. The van der Waals surface area contributed by atoms with E-state index in [9.17, 15) is 17.6 Å². The first-order valence-corrected chi connectivity index (χ1v) is 10.7. The van der Waals surface area contributed by atoms with Crippen LogP contribution < -0.4 is 14.8 Å². The quantitative estimate of drug-likeness (QED) is 0.573. The third-order valence-corrected chi connectivity index (χ3v) is 5.40. The van der Waals surface area contributed by atoms with Crippen LogP contribution in [0, 0.1) is 5.82 Å². The smallest absolute Gasteiger partial charge is 0.261 e. The number of carbonyl (C=O) groups is 1. The Balaban J connectivity index is 1.66. The Hall–Kier alpha value is -3.39. The van der Waals surface area contributed by atoms with Crippen LogP contribution in [-0.4, -0.2) is 20.4 Å². The molecule has 0 atom stereocenters. The van der Waals surface area contributed by atoms with Crippen LogP contribution >= 0.6 is 0 Å². The fraction of sp³-hybridized carbons (Fsp3) is 0.136. The van der Waals surface area contributed by atoms with Crippen molar-refractivity contribution in [1.29, 1.82) is 0 Å². The maximum atomic E-state index is 13.0. The molecule has 0 aliphatic carbocycles. The second-order valence-corrected chi connectivity index (χ2v) is 8.46. The molecule has 0 spiro atoms. The van der Waals surface area contributed by atoms with Gasteiger partial charge in [-0.15, -0.1) is 0 Å². The highest BCUT2D eigenvalue weighted by atomic mass is 32.2. The highest BCUT2D eigenvalue weighted by Crippen LogP contribution is 2.20. The number of halogens is 1. The lowest BCUT2D eigenvalue weighted by Gasteiger charge is -2.11. The van der Waals surface area contributed by atoms with E-state index in [-0.39, 0.29) is 22.6 Å². The van der Waals surface area contributed by atoms with Crippen molar-refractivity contribution in [3.8, 4) is 5.75 Å². The van der Waals surface area contributed by atoms with Gasteiger partial charge in [0.2, 0.25) is 0 Å². The molecule has 0 bridgehead atoms. The van der Waals surface area contributed by atoms with E-state index in [0.29, 0.717) is 17.0 Å². The summed E-state index contributed by atoms with van der Waals surface area (Å²) in [6, 6.07) is 17.5. The third-order valence-electron chi connectivity index (χ3n) is 4.01. The number of ether oxygens (including phenoxy) is 1. The SMILES string of the molecule is CC(C)Oc1ccc(C(=O)Nc2ccc(S(=O)(=O)Nc3ccc(F)cc3)cc2)cc1. The second kappa shape index (κ2) is 8.96. The molecule has 0 aliphatic heterocycles. The van der Waals surface area contributed by atoms with Gasteiger partial charge in [0.05, 0.1) is 11.0 Å². The Kier molecular flexibility index (Phi) is 6.37. The van der Waals surface area contributed by atoms with Crippen LogP contribution in [0.15, 0.2) is 77.7 Å². The molecule has 0 saturated heterocycles. The van der Waals surface area contributed by atoms with Crippen LogP contribution in [0.3, 0.4) is 0 Å². The first-order valence-electron chi connectivity index (χ1n) is 9.19. The fourth-order valence-corrected chi connectivity index (χ4v) is 3.67. The molecule has 0 heterocycles. The Morgan fingerprint density at radius 3 is 2.00 bits per heavy atom. The summed E-state index contributed by atoms with van der Waals surface area (Å²) in [6.07, 6.45) is 0.0389. The van der Waals surface area contributed by atoms with Crippen molar-refractivity contribution in [2.24, 2.45) is 0 Å². The lowest BCUT2D eigenvalue weighted by atomic mass is 10.2. The molecule has 30 heavy (non-hydrogen) atoms. The zero-order valence-corrected chi connectivity index (χ0v) is 17.2. The van der Waals surface area contributed by atoms with Crippen molar-refractivity contribution in [3.63, 3.8) is 0 Å². The van der Waals surface area contributed by atoms with Crippen molar-refractivity contribution in [2.45, 2.75) is 24.8 Å². The van der Waals surface area contributed by atoms with Crippen LogP contribution in [-0.2, 0) is 10.0 Å². The zero-order valence-electron chi connectivity index (χ0n) is 16.4. The van der Waals surface area contributed by atoms with Crippen molar-refractivity contribution in [3.05, 3.63) is 84.2 Å². The van der Waals surface area contributed by atoms with Gasteiger partial charge in [0.25, 0.3) is 15.9 Å². The molecule has 3 aromatic carbocycles. The molecule has 0 aromatic heterocycles. The average molecular weight is 428 g/mol. The Morgan fingerprint density at radius 1 is 0.867 bits per heavy atom. The van der Waals surface area contributed by atoms with Gasteiger partial charge in [-0.3, -0.25) is 9.52 Å². The first-order chi connectivity index (χ1) is 14.2. The van der Waals surface area contributed by atoms with Gasteiger partial charge in [0, 0.05) is 16.9 Å². The van der Waals surface area contributed by atoms with Crippen molar-refractivity contribution in [2.75, 3.05) is 10.0 Å². The monoisotopic (exact) mass is 428 g/mol. The van der Waals surface area contributed by atoms with Crippen LogP contribution in [0.4, 0.5) is 15.8 Å². The van der Waals surface area contributed by atoms with E-state index in [2.05, 4.69) is 10.0 Å². The minimum absolute atomic E-state index is 0.0139. The molecule has 3 rings (SSSR count). The summed E-state index contributed by atoms with van der Waals surface area (Å²) in [5.74, 6) is -0.115. The molecule has 0 aliphatic rings. The number of carbonyl (C=O) groups excluding carboxylic acids is 1. The maximum Gasteiger partial charge on any atom is 0.261 e. The summed E-state index contributed by atoms with van der Waals surface area (Å²) in [7, 11) is -3.84. The number of amides is 1. The molecule has 0 unspecified atom stereocenters. The Labute approximate surface area is 174 Å². The van der Waals surface area contributed by atoms with Crippen LogP contribution in [0.5, 0.6) is 5.75 Å². The highest BCUT2D eigenvalue weighted by molar-refractivity contribution is 7.92. The predicted octanol–water partition coefficient (Wildman–Crippen LogP) is 4.67. The molecule has 1 amide bonds. The number of anilines is 2. The van der Waals surface area contributed by atoms with Crippen LogP contribution in [0.25, 0.3) is 0 Å². The minimum atomic E-state index is -3.84. The summed E-state index contributed by atoms with van der Waals surface area (Å²) in [5.41, 5.74) is 1.14. The molecule has 0 fully saturated rings. The standard InChI is InChI=1S/C22H21FN2O4S/c1-15(2)29-20-11-3-16(4-12-20)22(26)24-18-9-13-21(14-10-18)30(27,28)25-19-7-5-17(23)6-8-19/h3-15,25H,1-2H3,(H,24,26). The number of hydrogen-bond acceptors (Lipinski definition) is 4. The first kappa shape index (κ1) is 21.3. The van der Waals surface area contributed by atoms with E-state index in [1.165, 1.54) is 36.4 Å². The molecular formula is C22H21FN2O4S. The molecule has 0 saturated carbocycles. The van der Waals surface area contributed by atoms with E-state index in [1.807, 2.05) is 13.8 Å². The summed E-state index contributed by atoms with van der Waals surface area (Å²) in [4.78, 5) is 12.4. The summed E-state index contributed by atoms with van der Waals surface area (Å²) < 4.78 is 45.8. The van der Waals surface area contributed by atoms with E-state index in [4.69, 9.17) is 4.74 Å². The van der Waals surface area contributed by atoms with Crippen LogP contribution in [0.1, 0.15) is 24.2 Å². The van der Waals surface area contributed by atoms with Crippen molar-refractivity contribution >= 4 is 27.3 Å². The van der Waals surface area contributed by atoms with Gasteiger partial charge in [0.1, 0.15) is 11.6 Å². The minimum Gasteiger partial charge on any atom is -0.491 e. The van der Waals surface area contributed by atoms with Crippen molar-refractivity contribution in [1.82, 2.24) is 0 Å². The van der Waals surface area contributed by atoms with Gasteiger partial charge in [-0.1, -0.05) is 0 Å². The molecule has 6 nitrogen and oxygen atoms in total. The molecule has 0 radical (unpaired) electrons. The maximum absolute atomic E-state index is 13.0. The zero-order chi connectivity index (χ0) is 21.7. The third kappa shape index (κ3) is 5.57. The summed E-state index contributed by atoms with van der Waals surface area (Å²) in [6.45, 7) is 3.83. The van der Waals surface area contributed by atoms with Gasteiger partial charge in [-0.25, -0.2) is 12.8 Å². The predicted molar refractivity (Wildman–Crippen MR) is 114 cm³/mol. The Morgan fingerprint density at radius 2 is 1.43 bits per heavy atom. The van der Waals surface area contributed by atoms with Crippen LogP contribution in [0.2, 0.25) is 0 Å². The Bertz CT molecular complexity index is 1110. The summed E-state index contributed by atoms with van der Waals surface area (Å²) in [5, 5.41) is 2.72. The summed E-state index contributed by atoms with van der Waals surface area (Å²) >= 11 is 0. The van der Waals surface area contributed by atoms with Gasteiger partial charge in [-0.05, 0) is 86.6 Å². The van der Waals surface area contributed by atoms with Gasteiger partial charge in [0.15, 0.2) is 0 Å². The topological polar surface area (TPSA) is 84.5 Å². The van der Waals surface area contributed by atoms with E-state index >= 15 is 0 Å².